The van der Waals surface area contributed by atoms with Crippen LogP contribution >= 0.6 is 11.5 Å². The summed E-state index contributed by atoms with van der Waals surface area (Å²) in [6, 6.07) is 6.23. The summed E-state index contributed by atoms with van der Waals surface area (Å²) in [6.45, 7) is 3.74. The SMILES string of the molecule is CC1=CC(NC(=O)Nc2ccc(C)cc2)CCC=C1c1nsc(NC(=O)NCCC(=O)O)c1C(N)=O. The average molecular weight is 513 g/mol. The van der Waals surface area contributed by atoms with Gasteiger partial charge in [-0.25, -0.2) is 9.59 Å². The third kappa shape index (κ3) is 7.15. The van der Waals surface area contributed by atoms with Gasteiger partial charge in [-0.15, -0.1) is 0 Å². The van der Waals surface area contributed by atoms with Crippen LogP contribution in [-0.4, -0.2) is 46.0 Å². The zero-order valence-corrected chi connectivity index (χ0v) is 20.7. The van der Waals surface area contributed by atoms with E-state index in [1.54, 1.807) is 0 Å². The van der Waals surface area contributed by atoms with Crippen molar-refractivity contribution in [1.82, 2.24) is 15.0 Å². The lowest BCUT2D eigenvalue weighted by molar-refractivity contribution is -0.136. The summed E-state index contributed by atoms with van der Waals surface area (Å²) in [5, 5.41) is 19.5. The summed E-state index contributed by atoms with van der Waals surface area (Å²) in [5.74, 6) is -1.80. The van der Waals surface area contributed by atoms with E-state index >= 15 is 0 Å². The summed E-state index contributed by atoms with van der Waals surface area (Å²) in [5.41, 5.74) is 9.27. The minimum atomic E-state index is -1.05. The number of anilines is 2. The lowest BCUT2D eigenvalue weighted by Gasteiger charge is -2.15. The third-order valence-corrected chi connectivity index (χ3v) is 6.14. The Balaban J connectivity index is 1.71. The van der Waals surface area contributed by atoms with E-state index in [2.05, 4.69) is 25.6 Å². The van der Waals surface area contributed by atoms with Crippen molar-refractivity contribution >= 4 is 51.7 Å². The number of hydrogen-bond acceptors (Lipinski definition) is 6. The maximum atomic E-state index is 12.5. The van der Waals surface area contributed by atoms with Gasteiger partial charge in [0.2, 0.25) is 0 Å². The fourth-order valence-corrected chi connectivity index (χ4v) is 4.43. The number of aromatic nitrogens is 1. The maximum Gasteiger partial charge on any atom is 0.319 e. The van der Waals surface area contributed by atoms with Crippen LogP contribution in [0, 0.1) is 6.92 Å². The monoisotopic (exact) mass is 512 g/mol. The van der Waals surface area contributed by atoms with E-state index in [1.165, 1.54) is 0 Å². The largest absolute Gasteiger partial charge is 0.481 e. The van der Waals surface area contributed by atoms with Gasteiger partial charge in [0.25, 0.3) is 5.91 Å². The van der Waals surface area contributed by atoms with Crippen molar-refractivity contribution in [3.63, 3.8) is 0 Å². The van der Waals surface area contributed by atoms with E-state index in [1.807, 2.05) is 50.3 Å². The molecule has 1 atom stereocenters. The zero-order valence-electron chi connectivity index (χ0n) is 19.9. The highest BCUT2D eigenvalue weighted by atomic mass is 32.1. The number of urea groups is 2. The summed E-state index contributed by atoms with van der Waals surface area (Å²) in [4.78, 5) is 47.5. The molecule has 1 aliphatic rings. The number of nitrogens with one attached hydrogen (secondary N) is 4. The molecule has 0 spiro atoms. The lowest BCUT2D eigenvalue weighted by atomic mass is 10.00. The van der Waals surface area contributed by atoms with Crippen molar-refractivity contribution in [2.75, 3.05) is 17.2 Å². The average Bonchev–Trinajstić information content (AvgIpc) is 3.11. The van der Waals surface area contributed by atoms with Gasteiger partial charge in [-0.2, -0.15) is 4.37 Å². The van der Waals surface area contributed by atoms with Gasteiger partial charge in [0.05, 0.1) is 12.1 Å². The number of carbonyl (C=O) groups is 4. The van der Waals surface area contributed by atoms with Crippen molar-refractivity contribution in [2.45, 2.75) is 39.2 Å². The number of aliphatic carboxylic acids is 1. The molecular formula is C24H28N6O5S. The molecule has 0 fully saturated rings. The smallest absolute Gasteiger partial charge is 0.319 e. The van der Waals surface area contributed by atoms with E-state index in [9.17, 15) is 19.2 Å². The highest BCUT2D eigenvalue weighted by Crippen LogP contribution is 2.34. The van der Waals surface area contributed by atoms with Crippen LogP contribution in [0.2, 0.25) is 0 Å². The molecule has 0 saturated heterocycles. The molecule has 1 aromatic heterocycles. The number of benzene rings is 1. The topological polar surface area (TPSA) is 176 Å². The molecule has 11 nitrogen and oxygen atoms in total. The molecule has 190 valence electrons. The van der Waals surface area contributed by atoms with E-state index in [0.717, 1.165) is 22.7 Å². The van der Waals surface area contributed by atoms with Crippen LogP contribution in [0.5, 0.6) is 0 Å². The Labute approximate surface area is 212 Å². The predicted octanol–water partition coefficient (Wildman–Crippen LogP) is 3.46. The number of hydrogen-bond donors (Lipinski definition) is 6. The van der Waals surface area contributed by atoms with Gasteiger partial charge in [-0.3, -0.25) is 14.9 Å². The fourth-order valence-electron chi connectivity index (χ4n) is 3.63. The van der Waals surface area contributed by atoms with Gasteiger partial charge in [0, 0.05) is 23.8 Å². The Bertz CT molecular complexity index is 1220. The van der Waals surface area contributed by atoms with Crippen molar-refractivity contribution in [3.8, 4) is 0 Å². The number of rotatable bonds is 8. The summed E-state index contributed by atoms with van der Waals surface area (Å²) in [6.07, 6.45) is 4.81. The second-order valence-electron chi connectivity index (χ2n) is 8.24. The van der Waals surface area contributed by atoms with Crippen LogP contribution in [0.25, 0.3) is 5.57 Å². The van der Waals surface area contributed by atoms with Crippen molar-refractivity contribution in [1.29, 1.82) is 0 Å². The van der Waals surface area contributed by atoms with Gasteiger partial charge < -0.3 is 26.8 Å². The molecule has 1 aromatic carbocycles. The molecule has 1 unspecified atom stereocenters. The first-order valence-electron chi connectivity index (χ1n) is 11.2. The van der Waals surface area contributed by atoms with Crippen LogP contribution in [0.3, 0.4) is 0 Å². The number of nitrogens with two attached hydrogens (primary N) is 1. The number of carbonyl (C=O) groups excluding carboxylic acids is 3. The van der Waals surface area contributed by atoms with Gasteiger partial charge >= 0.3 is 18.0 Å². The summed E-state index contributed by atoms with van der Waals surface area (Å²) >= 11 is 0.902. The molecule has 3 rings (SSSR count). The first-order valence-corrected chi connectivity index (χ1v) is 12.0. The lowest BCUT2D eigenvalue weighted by Crippen LogP contribution is -2.36. The second kappa shape index (κ2) is 12.0. The number of amides is 5. The normalized spacial score (nSPS) is 15.1. The van der Waals surface area contributed by atoms with Crippen LogP contribution in [-0.2, 0) is 4.79 Å². The standard InChI is InChI=1S/C24H28N6O5S/c1-13-6-8-15(9-7-13)27-24(35)28-16-4-3-5-17(14(2)12-16)20-19(21(25)33)22(36-30-20)29-23(34)26-11-10-18(31)32/h5-9,12,16H,3-4,10-11H2,1-2H3,(H2,25,33)(H,31,32)(H2,26,29,34)(H2,27,28,35). The molecule has 1 aliphatic carbocycles. The third-order valence-electron chi connectivity index (χ3n) is 5.37. The first kappa shape index (κ1) is 26.4. The maximum absolute atomic E-state index is 12.5. The molecule has 0 radical (unpaired) electrons. The Morgan fingerprint density at radius 3 is 2.50 bits per heavy atom. The zero-order chi connectivity index (χ0) is 26.2. The number of carboxylic acid groups (broad SMARTS) is 1. The molecule has 7 N–H and O–H groups in total. The molecule has 12 heteroatoms. The van der Waals surface area contributed by atoms with E-state index in [0.29, 0.717) is 29.8 Å². The van der Waals surface area contributed by atoms with Gasteiger partial charge in [-0.05, 0) is 55.9 Å². The van der Waals surface area contributed by atoms with E-state index in [4.69, 9.17) is 10.8 Å². The van der Waals surface area contributed by atoms with Crippen LogP contribution in [0.15, 0.2) is 42.0 Å². The Morgan fingerprint density at radius 2 is 1.83 bits per heavy atom. The van der Waals surface area contributed by atoms with Gasteiger partial charge in [-0.1, -0.05) is 29.8 Å². The predicted molar refractivity (Wildman–Crippen MR) is 138 cm³/mol. The van der Waals surface area contributed by atoms with E-state index < -0.39 is 17.9 Å². The molecular weight excluding hydrogens is 484 g/mol. The van der Waals surface area contributed by atoms with Crippen molar-refractivity contribution in [2.24, 2.45) is 5.73 Å². The molecule has 0 aliphatic heterocycles. The van der Waals surface area contributed by atoms with Crippen LogP contribution in [0.1, 0.15) is 47.8 Å². The van der Waals surface area contributed by atoms with Gasteiger partial charge in [0.1, 0.15) is 10.6 Å². The molecule has 5 amide bonds. The summed E-state index contributed by atoms with van der Waals surface area (Å²) < 4.78 is 4.36. The quantitative estimate of drug-likeness (QED) is 0.316. The number of aryl methyl sites for hydroxylation is 1. The fraction of sp³-hybridized carbons (Fsp3) is 0.292. The van der Waals surface area contributed by atoms with Crippen LogP contribution < -0.4 is 27.0 Å². The van der Waals surface area contributed by atoms with Crippen LogP contribution in [0.4, 0.5) is 20.3 Å². The van der Waals surface area contributed by atoms with Crippen molar-refractivity contribution in [3.05, 3.63) is 58.8 Å². The number of primary amides is 1. The van der Waals surface area contributed by atoms with E-state index in [-0.39, 0.29) is 35.6 Å². The minimum Gasteiger partial charge on any atom is -0.481 e. The van der Waals surface area contributed by atoms with Crippen molar-refractivity contribution < 1.29 is 24.3 Å². The number of carboxylic acids is 1. The molecule has 2 aromatic rings. The molecule has 1 heterocycles. The highest BCUT2D eigenvalue weighted by Gasteiger charge is 2.25. The molecule has 36 heavy (non-hydrogen) atoms. The Kier molecular flexibility index (Phi) is 8.79. The second-order valence-corrected chi connectivity index (χ2v) is 9.01. The number of nitrogens with zero attached hydrogens (tertiary/aromatic N) is 1. The van der Waals surface area contributed by atoms with Gasteiger partial charge in [0.15, 0.2) is 0 Å². The summed E-state index contributed by atoms with van der Waals surface area (Å²) in [7, 11) is 0. The molecule has 0 bridgehead atoms. The Hall–Kier alpha value is -4.19. The highest BCUT2D eigenvalue weighted by molar-refractivity contribution is 7.11. The minimum absolute atomic E-state index is 0.0657. The Morgan fingerprint density at radius 1 is 1.11 bits per heavy atom. The first-order chi connectivity index (χ1) is 17.1. The molecule has 0 saturated carbocycles. The number of allylic oxidation sites excluding steroid dienone is 3.